The molecule has 76 valence electrons. The Labute approximate surface area is 92.4 Å². The van der Waals surface area contributed by atoms with Crippen molar-refractivity contribution in [3.8, 4) is 5.75 Å². The molecule has 14 heavy (non-hydrogen) atoms. The Hall–Kier alpha value is -0.830. The monoisotopic (exact) mass is 256 g/mol. The molecule has 0 heterocycles. The van der Waals surface area contributed by atoms with E-state index in [4.69, 9.17) is 4.74 Å². The molecule has 1 aromatic carbocycles. The zero-order chi connectivity index (χ0) is 10.6. The minimum absolute atomic E-state index is 0.0676. The van der Waals surface area contributed by atoms with Crippen molar-refractivity contribution in [3.63, 3.8) is 0 Å². The van der Waals surface area contributed by atoms with Crippen molar-refractivity contribution in [2.24, 2.45) is 0 Å². The number of hydrogen-bond donors (Lipinski definition) is 0. The third kappa shape index (κ3) is 2.58. The molecule has 1 rings (SSSR count). The normalized spacial score (nSPS) is 12.2. The summed E-state index contributed by atoms with van der Waals surface area (Å²) in [7, 11) is 0. The summed E-state index contributed by atoms with van der Waals surface area (Å²) in [6.07, 6.45) is 0.933. The van der Waals surface area contributed by atoms with Crippen LogP contribution in [0.3, 0.4) is 0 Å². The Morgan fingerprint density at radius 1 is 1.57 bits per heavy atom. The van der Waals surface area contributed by atoms with E-state index in [2.05, 4.69) is 15.9 Å². The van der Waals surface area contributed by atoms with Gasteiger partial charge < -0.3 is 9.53 Å². The van der Waals surface area contributed by atoms with Crippen molar-refractivity contribution in [1.29, 1.82) is 0 Å². The molecule has 1 atom stereocenters. The molecule has 1 aromatic rings. The van der Waals surface area contributed by atoms with E-state index in [1.165, 1.54) is 0 Å². The fraction of sp³-hybridized carbons (Fsp3) is 0.364. The van der Waals surface area contributed by atoms with Gasteiger partial charge in [-0.15, -0.1) is 0 Å². The van der Waals surface area contributed by atoms with Gasteiger partial charge in [0.25, 0.3) is 0 Å². The SMILES string of the molecule is CCOc1ccc(C(C)C=O)cc1Br. The number of rotatable bonds is 4. The molecular formula is C11H13BrO2. The van der Waals surface area contributed by atoms with E-state index in [-0.39, 0.29) is 5.92 Å². The van der Waals surface area contributed by atoms with Gasteiger partial charge in [-0.1, -0.05) is 13.0 Å². The molecule has 3 heteroatoms. The predicted octanol–water partition coefficient (Wildman–Crippen LogP) is 3.15. The number of halogens is 1. The lowest BCUT2D eigenvalue weighted by molar-refractivity contribution is -0.108. The van der Waals surface area contributed by atoms with Crippen molar-refractivity contribution in [2.75, 3.05) is 6.61 Å². The Kier molecular flexibility index (Phi) is 4.14. The number of hydrogen-bond acceptors (Lipinski definition) is 2. The van der Waals surface area contributed by atoms with Gasteiger partial charge in [-0.3, -0.25) is 0 Å². The third-order valence-corrected chi connectivity index (χ3v) is 2.61. The van der Waals surface area contributed by atoms with Crippen molar-refractivity contribution in [1.82, 2.24) is 0 Å². The van der Waals surface area contributed by atoms with Gasteiger partial charge in [0.2, 0.25) is 0 Å². The largest absolute Gasteiger partial charge is 0.493 e. The Balaban J connectivity index is 2.93. The molecule has 0 spiro atoms. The number of ether oxygens (including phenoxy) is 1. The van der Waals surface area contributed by atoms with Crippen LogP contribution in [0.1, 0.15) is 25.3 Å². The molecular weight excluding hydrogens is 244 g/mol. The summed E-state index contributed by atoms with van der Waals surface area (Å²) in [6, 6.07) is 5.71. The molecule has 0 amide bonds. The standard InChI is InChI=1S/C11H13BrO2/c1-3-14-11-5-4-9(6-10(11)12)8(2)7-13/h4-8H,3H2,1-2H3. The lowest BCUT2D eigenvalue weighted by atomic mass is 10.0. The molecule has 1 unspecified atom stereocenters. The lowest BCUT2D eigenvalue weighted by Crippen LogP contribution is -1.96. The van der Waals surface area contributed by atoms with Gasteiger partial charge in [0.15, 0.2) is 0 Å². The van der Waals surface area contributed by atoms with E-state index in [1.54, 1.807) is 0 Å². The van der Waals surface area contributed by atoms with Crippen LogP contribution in [-0.2, 0) is 4.79 Å². The van der Waals surface area contributed by atoms with Crippen LogP contribution in [0.5, 0.6) is 5.75 Å². The first-order valence-corrected chi connectivity index (χ1v) is 5.35. The maximum atomic E-state index is 10.6. The molecule has 0 aromatic heterocycles. The summed E-state index contributed by atoms with van der Waals surface area (Å²) in [6.45, 7) is 4.45. The fourth-order valence-corrected chi connectivity index (χ4v) is 1.66. The first kappa shape index (κ1) is 11.2. The van der Waals surface area contributed by atoms with Crippen molar-refractivity contribution in [3.05, 3.63) is 28.2 Å². The summed E-state index contributed by atoms with van der Waals surface area (Å²) in [5.74, 6) is 0.747. The van der Waals surface area contributed by atoms with Crippen molar-refractivity contribution < 1.29 is 9.53 Å². The zero-order valence-corrected chi connectivity index (χ0v) is 9.87. The van der Waals surface area contributed by atoms with Gasteiger partial charge in [0.1, 0.15) is 12.0 Å². The summed E-state index contributed by atoms with van der Waals surface area (Å²) in [5, 5.41) is 0. The zero-order valence-electron chi connectivity index (χ0n) is 8.29. The summed E-state index contributed by atoms with van der Waals surface area (Å²) < 4.78 is 6.26. The Morgan fingerprint density at radius 2 is 2.29 bits per heavy atom. The van der Waals surface area contributed by atoms with Crippen LogP contribution >= 0.6 is 15.9 Å². The second-order valence-electron chi connectivity index (χ2n) is 3.05. The van der Waals surface area contributed by atoms with Gasteiger partial charge in [-0.2, -0.15) is 0 Å². The van der Waals surface area contributed by atoms with Crippen LogP contribution in [0.25, 0.3) is 0 Å². The Bertz CT molecular complexity index is 323. The van der Waals surface area contributed by atoms with Crippen LogP contribution < -0.4 is 4.74 Å². The van der Waals surface area contributed by atoms with E-state index in [0.717, 1.165) is 22.1 Å². The number of benzene rings is 1. The van der Waals surface area contributed by atoms with E-state index in [1.807, 2.05) is 32.0 Å². The fourth-order valence-electron chi connectivity index (χ4n) is 1.15. The second-order valence-corrected chi connectivity index (χ2v) is 3.90. The van der Waals surface area contributed by atoms with Gasteiger partial charge in [-0.25, -0.2) is 0 Å². The smallest absolute Gasteiger partial charge is 0.133 e. The van der Waals surface area contributed by atoms with Gasteiger partial charge >= 0.3 is 0 Å². The maximum Gasteiger partial charge on any atom is 0.133 e. The molecule has 0 aliphatic rings. The quantitative estimate of drug-likeness (QED) is 0.774. The second kappa shape index (κ2) is 5.15. The van der Waals surface area contributed by atoms with Crippen LogP contribution in [0.2, 0.25) is 0 Å². The highest BCUT2D eigenvalue weighted by molar-refractivity contribution is 9.10. The lowest BCUT2D eigenvalue weighted by Gasteiger charge is -2.09. The average Bonchev–Trinajstić information content (AvgIpc) is 2.20. The van der Waals surface area contributed by atoms with Crippen LogP contribution in [0, 0.1) is 0 Å². The molecule has 0 saturated heterocycles. The van der Waals surface area contributed by atoms with Crippen LogP contribution in [-0.4, -0.2) is 12.9 Å². The highest BCUT2D eigenvalue weighted by Gasteiger charge is 2.07. The van der Waals surface area contributed by atoms with E-state index < -0.39 is 0 Å². The molecule has 0 aliphatic heterocycles. The molecule has 0 bridgehead atoms. The minimum atomic E-state index is -0.0676. The third-order valence-electron chi connectivity index (χ3n) is 1.99. The maximum absolute atomic E-state index is 10.6. The van der Waals surface area contributed by atoms with Gasteiger partial charge in [0.05, 0.1) is 11.1 Å². The topological polar surface area (TPSA) is 26.3 Å². The highest BCUT2D eigenvalue weighted by atomic mass is 79.9. The van der Waals surface area contributed by atoms with Gasteiger partial charge in [0, 0.05) is 5.92 Å². The molecule has 0 saturated carbocycles. The van der Waals surface area contributed by atoms with Gasteiger partial charge in [-0.05, 0) is 40.5 Å². The average molecular weight is 257 g/mol. The van der Waals surface area contributed by atoms with E-state index in [9.17, 15) is 4.79 Å². The summed E-state index contributed by atoms with van der Waals surface area (Å²) in [5.41, 5.74) is 0.996. The number of carbonyl (C=O) groups excluding carboxylic acids is 1. The summed E-state index contributed by atoms with van der Waals surface area (Å²) >= 11 is 3.40. The molecule has 0 fully saturated rings. The minimum Gasteiger partial charge on any atom is -0.493 e. The van der Waals surface area contributed by atoms with Crippen LogP contribution in [0.4, 0.5) is 0 Å². The van der Waals surface area contributed by atoms with Crippen LogP contribution in [0.15, 0.2) is 22.7 Å². The highest BCUT2D eigenvalue weighted by Crippen LogP contribution is 2.28. The first-order chi connectivity index (χ1) is 6.69. The Morgan fingerprint density at radius 3 is 2.79 bits per heavy atom. The first-order valence-electron chi connectivity index (χ1n) is 4.56. The molecule has 2 nitrogen and oxygen atoms in total. The van der Waals surface area contributed by atoms with Crippen molar-refractivity contribution in [2.45, 2.75) is 19.8 Å². The molecule has 0 radical (unpaired) electrons. The molecule has 0 N–H and O–H groups in total. The predicted molar refractivity (Wildman–Crippen MR) is 59.8 cm³/mol. The van der Waals surface area contributed by atoms with Crippen molar-refractivity contribution >= 4 is 22.2 Å². The van der Waals surface area contributed by atoms with E-state index in [0.29, 0.717) is 6.61 Å². The summed E-state index contributed by atoms with van der Waals surface area (Å²) in [4.78, 5) is 10.6. The molecule has 0 aliphatic carbocycles. The van der Waals surface area contributed by atoms with E-state index >= 15 is 0 Å². The number of aldehydes is 1. The number of carbonyl (C=O) groups is 1.